The average molecular weight is 413 g/mol. The zero-order chi connectivity index (χ0) is 19.5. The number of aromatic hydroxyl groups is 1. The van der Waals surface area contributed by atoms with E-state index in [9.17, 15) is 28.9 Å². The van der Waals surface area contributed by atoms with Gasteiger partial charge in [-0.25, -0.2) is 8.42 Å². The number of nitrogens with zero attached hydrogens (tertiary/aromatic N) is 2. The minimum absolute atomic E-state index is 0.0804. The van der Waals surface area contributed by atoms with Crippen molar-refractivity contribution in [2.24, 2.45) is 0 Å². The van der Waals surface area contributed by atoms with Crippen molar-refractivity contribution in [2.75, 3.05) is 0 Å². The van der Waals surface area contributed by atoms with E-state index in [0.717, 1.165) is 18.2 Å². The summed E-state index contributed by atoms with van der Waals surface area (Å²) < 4.78 is 25.0. The minimum Gasteiger partial charge on any atom is -0.502 e. The summed E-state index contributed by atoms with van der Waals surface area (Å²) in [5, 5.41) is 30.0. The van der Waals surface area contributed by atoms with Crippen LogP contribution in [0.25, 0.3) is 6.08 Å². The first-order valence-corrected chi connectivity index (χ1v) is 9.31. The van der Waals surface area contributed by atoms with Crippen LogP contribution in [0.4, 0.5) is 5.69 Å². The lowest BCUT2D eigenvalue weighted by atomic mass is 10.2. The Labute approximate surface area is 158 Å². The number of phenols is 1. The van der Waals surface area contributed by atoms with Crippen molar-refractivity contribution in [1.29, 1.82) is 5.26 Å². The normalized spacial score (nSPS) is 11.8. The molecule has 2 rings (SSSR count). The summed E-state index contributed by atoms with van der Waals surface area (Å²) in [5.74, 6) is -1.11. The predicted octanol–water partition coefficient (Wildman–Crippen LogP) is 4.09. The summed E-state index contributed by atoms with van der Waals surface area (Å²) in [6.45, 7) is 0. The first-order valence-electron chi connectivity index (χ1n) is 6.90. The Bertz CT molecular complexity index is 1060. The number of nitro benzene ring substituents is 1. The number of phenolic OH excluding ortho intramolecular Hbond substituents is 1. The fourth-order valence-electron chi connectivity index (χ4n) is 2.04. The molecule has 0 amide bonds. The van der Waals surface area contributed by atoms with Crippen LogP contribution in [0.1, 0.15) is 11.1 Å². The van der Waals surface area contributed by atoms with Gasteiger partial charge in [0.25, 0.3) is 0 Å². The third-order valence-corrected chi connectivity index (χ3v) is 5.46. The molecule has 0 radical (unpaired) electrons. The van der Waals surface area contributed by atoms with Crippen molar-refractivity contribution in [3.63, 3.8) is 0 Å². The summed E-state index contributed by atoms with van der Waals surface area (Å²) >= 11 is 11.7. The Morgan fingerprint density at radius 2 is 1.96 bits per heavy atom. The van der Waals surface area contributed by atoms with E-state index in [2.05, 4.69) is 0 Å². The molecule has 26 heavy (non-hydrogen) atoms. The molecule has 1 N–H and O–H groups in total. The van der Waals surface area contributed by atoms with E-state index in [4.69, 9.17) is 23.2 Å². The number of benzene rings is 2. The van der Waals surface area contributed by atoms with E-state index in [1.165, 1.54) is 24.3 Å². The van der Waals surface area contributed by atoms with Crippen molar-refractivity contribution >= 4 is 44.8 Å². The number of sulfone groups is 1. The van der Waals surface area contributed by atoms with Gasteiger partial charge in [-0.15, -0.1) is 0 Å². The summed E-state index contributed by atoms with van der Waals surface area (Å²) in [7, 11) is -4.06. The molecule has 134 valence electrons. The van der Waals surface area contributed by atoms with Gasteiger partial charge in [0.15, 0.2) is 15.6 Å². The summed E-state index contributed by atoms with van der Waals surface area (Å²) in [5.41, 5.74) is -0.264. The van der Waals surface area contributed by atoms with Crippen molar-refractivity contribution < 1.29 is 18.4 Å². The van der Waals surface area contributed by atoms with Gasteiger partial charge in [0.05, 0.1) is 10.7 Å². The quantitative estimate of drug-likeness (QED) is 0.448. The Morgan fingerprint density at radius 3 is 2.54 bits per heavy atom. The van der Waals surface area contributed by atoms with E-state index in [-0.39, 0.29) is 16.1 Å². The topological polar surface area (TPSA) is 121 Å². The highest BCUT2D eigenvalue weighted by Gasteiger charge is 2.21. The van der Waals surface area contributed by atoms with Gasteiger partial charge in [-0.1, -0.05) is 35.3 Å². The van der Waals surface area contributed by atoms with Crippen molar-refractivity contribution in [3.05, 3.63) is 72.6 Å². The molecule has 0 aliphatic rings. The number of halogens is 2. The largest absolute Gasteiger partial charge is 0.502 e. The number of nitriles is 1. The smallest absolute Gasteiger partial charge is 0.311 e. The maximum atomic E-state index is 12.5. The van der Waals surface area contributed by atoms with Crippen LogP contribution >= 0.6 is 23.2 Å². The molecular weight excluding hydrogens is 403 g/mol. The molecule has 2 aromatic carbocycles. The van der Waals surface area contributed by atoms with E-state index < -0.39 is 36.9 Å². The van der Waals surface area contributed by atoms with Crippen LogP contribution in [-0.2, 0) is 15.6 Å². The second-order valence-electron chi connectivity index (χ2n) is 5.12. The molecule has 0 saturated carbocycles. The maximum absolute atomic E-state index is 12.5. The Hall–Kier alpha value is -2.60. The molecule has 10 heteroatoms. The molecule has 0 aliphatic carbocycles. The lowest BCUT2D eigenvalue weighted by Gasteiger charge is -2.06. The number of rotatable bonds is 5. The lowest BCUT2D eigenvalue weighted by molar-refractivity contribution is -0.385. The number of allylic oxidation sites excluding steroid dienone is 1. The Morgan fingerprint density at radius 1 is 1.27 bits per heavy atom. The van der Waals surface area contributed by atoms with Gasteiger partial charge in [0.1, 0.15) is 11.0 Å². The highest BCUT2D eigenvalue weighted by molar-refractivity contribution is 7.95. The minimum atomic E-state index is -4.06. The van der Waals surface area contributed by atoms with Crippen LogP contribution in [0.3, 0.4) is 0 Å². The van der Waals surface area contributed by atoms with E-state index in [1.807, 2.05) is 0 Å². The number of nitro groups is 1. The average Bonchev–Trinajstić information content (AvgIpc) is 2.56. The van der Waals surface area contributed by atoms with Crippen LogP contribution in [0.5, 0.6) is 5.75 Å². The standard InChI is InChI=1S/C16H10Cl2N2O5S/c17-12-3-2-11(14(18)7-12)9-26(24,25)13(8-19)5-10-1-4-16(21)15(6-10)20(22)23/h1-7,21H,9H2. The maximum Gasteiger partial charge on any atom is 0.311 e. The fourth-order valence-corrected chi connectivity index (χ4v) is 3.87. The Kier molecular flexibility index (Phi) is 5.87. The van der Waals surface area contributed by atoms with Crippen LogP contribution in [0, 0.1) is 21.4 Å². The summed E-state index contributed by atoms with van der Waals surface area (Å²) in [4.78, 5) is 9.44. The third-order valence-electron chi connectivity index (χ3n) is 3.30. The number of hydrogen-bond acceptors (Lipinski definition) is 6. The molecular formula is C16H10Cl2N2O5S. The molecule has 0 saturated heterocycles. The molecule has 0 fully saturated rings. The van der Waals surface area contributed by atoms with E-state index in [0.29, 0.717) is 5.02 Å². The van der Waals surface area contributed by atoms with Gasteiger partial charge >= 0.3 is 5.69 Å². The predicted molar refractivity (Wildman–Crippen MR) is 97.4 cm³/mol. The molecule has 0 bridgehead atoms. The van der Waals surface area contributed by atoms with E-state index >= 15 is 0 Å². The van der Waals surface area contributed by atoms with E-state index in [1.54, 1.807) is 6.07 Å². The molecule has 0 unspecified atom stereocenters. The highest BCUT2D eigenvalue weighted by atomic mass is 35.5. The van der Waals surface area contributed by atoms with Crippen LogP contribution in [0.15, 0.2) is 41.3 Å². The van der Waals surface area contributed by atoms with Gasteiger partial charge in [0, 0.05) is 16.1 Å². The van der Waals surface area contributed by atoms with Crippen LogP contribution < -0.4 is 0 Å². The molecule has 0 atom stereocenters. The Balaban J connectivity index is 2.43. The molecule has 0 spiro atoms. The van der Waals surface area contributed by atoms with Crippen LogP contribution in [0.2, 0.25) is 10.0 Å². The molecule has 0 aromatic heterocycles. The monoisotopic (exact) mass is 412 g/mol. The molecule has 0 heterocycles. The third kappa shape index (κ3) is 4.52. The first-order chi connectivity index (χ1) is 12.1. The van der Waals surface area contributed by atoms with Crippen molar-refractivity contribution in [3.8, 4) is 11.8 Å². The fraction of sp³-hybridized carbons (Fsp3) is 0.0625. The SMILES string of the molecule is N#CC(=Cc1ccc(O)c([N+](=O)[O-])c1)S(=O)(=O)Cc1ccc(Cl)cc1Cl. The van der Waals surface area contributed by atoms with Gasteiger partial charge in [-0.3, -0.25) is 10.1 Å². The van der Waals surface area contributed by atoms with Gasteiger partial charge in [-0.05, 0) is 35.4 Å². The van der Waals surface area contributed by atoms with Gasteiger partial charge in [0.2, 0.25) is 0 Å². The zero-order valence-electron chi connectivity index (χ0n) is 12.9. The summed E-state index contributed by atoms with van der Waals surface area (Å²) in [6.07, 6.45) is 0.992. The molecule has 7 nitrogen and oxygen atoms in total. The van der Waals surface area contributed by atoms with Crippen LogP contribution in [-0.4, -0.2) is 18.4 Å². The van der Waals surface area contributed by atoms with Crippen molar-refractivity contribution in [1.82, 2.24) is 0 Å². The molecule has 2 aromatic rings. The van der Waals surface area contributed by atoms with Gasteiger partial charge < -0.3 is 5.11 Å². The van der Waals surface area contributed by atoms with Gasteiger partial charge in [-0.2, -0.15) is 5.26 Å². The highest BCUT2D eigenvalue weighted by Crippen LogP contribution is 2.29. The first kappa shape index (κ1) is 19.7. The summed E-state index contributed by atoms with van der Waals surface area (Å²) in [6, 6.07) is 9.13. The number of hydrogen-bond donors (Lipinski definition) is 1. The van der Waals surface area contributed by atoms with Crippen molar-refractivity contribution in [2.45, 2.75) is 5.75 Å². The zero-order valence-corrected chi connectivity index (χ0v) is 15.2. The second-order valence-corrected chi connectivity index (χ2v) is 7.92. The second kappa shape index (κ2) is 7.74. The lowest BCUT2D eigenvalue weighted by Crippen LogP contribution is -2.07. The molecule has 0 aliphatic heterocycles.